The maximum absolute atomic E-state index is 13.9. The first-order valence-corrected chi connectivity index (χ1v) is 8.21. The van der Waals surface area contributed by atoms with Gasteiger partial charge in [-0.25, -0.2) is 8.78 Å². The highest BCUT2D eigenvalue weighted by Crippen LogP contribution is 2.56. The van der Waals surface area contributed by atoms with Crippen LogP contribution in [0.15, 0.2) is 34.9 Å². The van der Waals surface area contributed by atoms with E-state index in [0.717, 1.165) is 18.2 Å². The smallest absolute Gasteiger partial charge is 0.261 e. The van der Waals surface area contributed by atoms with Gasteiger partial charge in [0, 0.05) is 21.3 Å². The standard InChI is InChI=1S/C17H11Cl2F2N3O/c18-11-6-9(22)7-12(19)14(11)17(3-4-17)16-23-15(25-24-16)10-5-8(20)1-2-13(10)21/h1-2,5-7H,3-4,22H2. The van der Waals surface area contributed by atoms with Gasteiger partial charge in [0.15, 0.2) is 5.82 Å². The molecule has 1 fully saturated rings. The second-order valence-electron chi connectivity index (χ2n) is 5.99. The summed E-state index contributed by atoms with van der Waals surface area (Å²) in [7, 11) is 0. The fraction of sp³-hybridized carbons (Fsp3) is 0.176. The van der Waals surface area contributed by atoms with Gasteiger partial charge >= 0.3 is 0 Å². The first-order valence-electron chi connectivity index (χ1n) is 7.45. The second-order valence-corrected chi connectivity index (χ2v) is 6.80. The van der Waals surface area contributed by atoms with E-state index in [0.29, 0.717) is 40.0 Å². The van der Waals surface area contributed by atoms with Crippen LogP contribution in [0, 0.1) is 11.6 Å². The molecule has 0 saturated heterocycles. The van der Waals surface area contributed by atoms with E-state index in [9.17, 15) is 8.78 Å². The number of anilines is 1. The van der Waals surface area contributed by atoms with Crippen molar-refractivity contribution in [2.75, 3.05) is 5.73 Å². The van der Waals surface area contributed by atoms with Gasteiger partial charge in [-0.05, 0) is 43.2 Å². The number of hydrogen-bond acceptors (Lipinski definition) is 4. The van der Waals surface area contributed by atoms with E-state index >= 15 is 0 Å². The Labute approximate surface area is 151 Å². The maximum Gasteiger partial charge on any atom is 0.261 e. The van der Waals surface area contributed by atoms with Crippen LogP contribution in [0.2, 0.25) is 10.0 Å². The molecule has 3 aromatic rings. The first kappa shape index (κ1) is 16.3. The third-order valence-corrected chi connectivity index (χ3v) is 4.90. The van der Waals surface area contributed by atoms with Crippen molar-refractivity contribution in [2.24, 2.45) is 0 Å². The molecule has 0 radical (unpaired) electrons. The summed E-state index contributed by atoms with van der Waals surface area (Å²) in [6.45, 7) is 0. The van der Waals surface area contributed by atoms with Crippen molar-refractivity contribution in [2.45, 2.75) is 18.3 Å². The second kappa shape index (κ2) is 5.68. The zero-order valence-electron chi connectivity index (χ0n) is 12.7. The number of nitrogen functional groups attached to an aromatic ring is 1. The Morgan fingerprint density at radius 3 is 2.40 bits per heavy atom. The van der Waals surface area contributed by atoms with Crippen LogP contribution >= 0.6 is 23.2 Å². The lowest BCUT2D eigenvalue weighted by Gasteiger charge is -2.15. The monoisotopic (exact) mass is 381 g/mol. The van der Waals surface area contributed by atoms with Crippen molar-refractivity contribution in [1.29, 1.82) is 0 Å². The number of nitrogens with two attached hydrogens (primary N) is 1. The molecular weight excluding hydrogens is 371 g/mol. The van der Waals surface area contributed by atoms with Gasteiger partial charge in [0.25, 0.3) is 5.89 Å². The molecule has 1 aliphatic rings. The number of aromatic nitrogens is 2. The summed E-state index contributed by atoms with van der Waals surface area (Å²) in [5.74, 6) is -1.01. The number of halogens is 4. The minimum Gasteiger partial charge on any atom is -0.399 e. The highest BCUT2D eigenvalue weighted by molar-refractivity contribution is 6.36. The van der Waals surface area contributed by atoms with Gasteiger partial charge in [-0.15, -0.1) is 0 Å². The largest absolute Gasteiger partial charge is 0.399 e. The SMILES string of the molecule is Nc1cc(Cl)c(C2(c3noc(-c4cc(F)ccc4F)n3)CC2)c(Cl)c1. The number of rotatable bonds is 3. The summed E-state index contributed by atoms with van der Waals surface area (Å²) in [6, 6.07) is 6.25. The summed E-state index contributed by atoms with van der Waals surface area (Å²) in [4.78, 5) is 4.26. The van der Waals surface area contributed by atoms with Gasteiger partial charge in [-0.2, -0.15) is 4.98 Å². The number of hydrogen-bond donors (Lipinski definition) is 1. The van der Waals surface area contributed by atoms with Gasteiger partial charge in [0.1, 0.15) is 11.6 Å². The molecule has 0 spiro atoms. The van der Waals surface area contributed by atoms with E-state index in [2.05, 4.69) is 10.1 Å². The van der Waals surface area contributed by atoms with Gasteiger partial charge in [-0.3, -0.25) is 0 Å². The summed E-state index contributed by atoms with van der Waals surface area (Å²) in [5.41, 5.74) is 6.16. The van der Waals surface area contributed by atoms with Crippen LogP contribution < -0.4 is 5.73 Å². The van der Waals surface area contributed by atoms with Crippen molar-refractivity contribution in [3.05, 3.63) is 63.4 Å². The van der Waals surface area contributed by atoms with Gasteiger partial charge in [0.05, 0.1) is 11.0 Å². The van der Waals surface area contributed by atoms with Crippen LogP contribution in [0.1, 0.15) is 24.2 Å². The molecule has 1 aliphatic carbocycles. The minimum absolute atomic E-state index is 0.0935. The molecule has 4 rings (SSSR count). The third kappa shape index (κ3) is 2.65. The van der Waals surface area contributed by atoms with Gasteiger partial charge in [0.2, 0.25) is 0 Å². The molecule has 2 aromatic carbocycles. The molecule has 1 aromatic heterocycles. The lowest BCUT2D eigenvalue weighted by atomic mass is 9.94. The Hall–Kier alpha value is -2.18. The van der Waals surface area contributed by atoms with Crippen molar-refractivity contribution < 1.29 is 13.3 Å². The maximum atomic E-state index is 13.9. The molecule has 0 unspecified atom stereocenters. The van der Waals surface area contributed by atoms with E-state index in [1.165, 1.54) is 0 Å². The number of benzene rings is 2. The van der Waals surface area contributed by atoms with Gasteiger partial charge in [-0.1, -0.05) is 28.4 Å². The van der Waals surface area contributed by atoms with Crippen LogP contribution in [0.5, 0.6) is 0 Å². The van der Waals surface area contributed by atoms with Crippen LogP contribution in [0.3, 0.4) is 0 Å². The molecule has 0 atom stereocenters. The minimum atomic E-state index is -0.648. The summed E-state index contributed by atoms with van der Waals surface area (Å²) in [5, 5.41) is 4.77. The fourth-order valence-corrected chi connectivity index (χ4v) is 3.81. The van der Waals surface area contributed by atoms with Crippen molar-refractivity contribution >= 4 is 28.9 Å². The molecule has 1 heterocycles. The van der Waals surface area contributed by atoms with E-state index in [1.807, 2.05) is 0 Å². The van der Waals surface area contributed by atoms with E-state index < -0.39 is 17.0 Å². The van der Waals surface area contributed by atoms with Crippen LogP contribution in [-0.4, -0.2) is 10.1 Å². The van der Waals surface area contributed by atoms with Gasteiger partial charge < -0.3 is 10.3 Å². The molecule has 25 heavy (non-hydrogen) atoms. The Morgan fingerprint density at radius 1 is 1.08 bits per heavy atom. The van der Waals surface area contributed by atoms with E-state index in [4.69, 9.17) is 33.5 Å². The first-order chi connectivity index (χ1) is 11.9. The predicted octanol–water partition coefficient (Wildman–Crippen LogP) is 4.98. The molecule has 128 valence electrons. The molecule has 1 saturated carbocycles. The van der Waals surface area contributed by atoms with Crippen LogP contribution in [0.25, 0.3) is 11.5 Å². The molecular formula is C17H11Cl2F2N3O. The van der Waals surface area contributed by atoms with E-state index in [-0.39, 0.29) is 11.5 Å². The normalized spacial score (nSPS) is 15.4. The Morgan fingerprint density at radius 2 is 1.76 bits per heavy atom. The number of nitrogens with zero attached hydrogens (tertiary/aromatic N) is 2. The summed E-state index contributed by atoms with van der Waals surface area (Å²) < 4.78 is 32.5. The van der Waals surface area contributed by atoms with Crippen molar-refractivity contribution in [3.8, 4) is 11.5 Å². The summed E-state index contributed by atoms with van der Waals surface area (Å²) >= 11 is 12.6. The highest BCUT2D eigenvalue weighted by Gasteiger charge is 2.52. The third-order valence-electron chi connectivity index (χ3n) is 4.31. The van der Waals surface area contributed by atoms with Crippen LogP contribution in [0.4, 0.5) is 14.5 Å². The summed E-state index contributed by atoms with van der Waals surface area (Å²) in [6.07, 6.45) is 1.42. The van der Waals surface area contributed by atoms with Crippen molar-refractivity contribution in [1.82, 2.24) is 10.1 Å². The highest BCUT2D eigenvalue weighted by atomic mass is 35.5. The zero-order valence-corrected chi connectivity index (χ0v) is 14.2. The molecule has 4 nitrogen and oxygen atoms in total. The average Bonchev–Trinajstić information content (AvgIpc) is 3.17. The zero-order chi connectivity index (χ0) is 17.8. The molecule has 0 bridgehead atoms. The lowest BCUT2D eigenvalue weighted by molar-refractivity contribution is 0.415. The van der Waals surface area contributed by atoms with Crippen molar-refractivity contribution in [3.63, 3.8) is 0 Å². The van der Waals surface area contributed by atoms with E-state index in [1.54, 1.807) is 12.1 Å². The quantitative estimate of drug-likeness (QED) is 0.649. The molecule has 0 amide bonds. The Kier molecular flexibility index (Phi) is 3.70. The fourth-order valence-electron chi connectivity index (χ4n) is 2.95. The average molecular weight is 382 g/mol. The molecule has 8 heteroatoms. The van der Waals surface area contributed by atoms with Crippen LogP contribution in [-0.2, 0) is 5.41 Å². The Bertz CT molecular complexity index is 963. The Balaban J connectivity index is 1.79. The topological polar surface area (TPSA) is 64.9 Å². The predicted molar refractivity (Wildman–Crippen MR) is 90.5 cm³/mol. The molecule has 2 N–H and O–H groups in total. The lowest BCUT2D eigenvalue weighted by Crippen LogP contribution is -2.13. The molecule has 0 aliphatic heterocycles.